The molecule has 0 saturated heterocycles. The van der Waals surface area contributed by atoms with Gasteiger partial charge in [-0.25, -0.2) is 23.7 Å². The van der Waals surface area contributed by atoms with Crippen molar-refractivity contribution in [2.45, 2.75) is 49.7 Å². The van der Waals surface area contributed by atoms with Crippen molar-refractivity contribution in [3.05, 3.63) is 47.6 Å². The number of rotatable bonds is 4. The number of amides is 2. The largest absolute Gasteiger partial charge is 0.351 e. The second-order valence-corrected chi connectivity index (χ2v) is 10.3. The summed E-state index contributed by atoms with van der Waals surface area (Å²) in [6, 6.07) is 5.34. The van der Waals surface area contributed by atoms with E-state index in [4.69, 9.17) is 10.4 Å². The number of halogens is 1. The molecule has 2 aromatic rings. The van der Waals surface area contributed by atoms with Crippen LogP contribution in [0.3, 0.4) is 0 Å². The van der Waals surface area contributed by atoms with Gasteiger partial charge in [0.1, 0.15) is 5.82 Å². The molecule has 28 heavy (non-hydrogen) atoms. The zero-order valence-corrected chi connectivity index (χ0v) is 17.0. The molecule has 2 rings (SSSR count). The monoisotopic (exact) mass is 411 g/mol. The predicted octanol–water partition coefficient (Wildman–Crippen LogP) is 2.21. The average Bonchev–Trinajstić information content (AvgIpc) is 3.10. The van der Waals surface area contributed by atoms with E-state index in [1.165, 1.54) is 6.07 Å². The van der Waals surface area contributed by atoms with E-state index >= 15 is 0 Å². The SMILES string of the molecule is CC(C)(C)c1cc(C(=O)N(N)C(=O)C(C)(C)S(=O)(=O)c2ccc(F)cc2)on1. The van der Waals surface area contributed by atoms with Crippen LogP contribution in [0, 0.1) is 5.82 Å². The molecule has 8 nitrogen and oxygen atoms in total. The maximum Gasteiger partial charge on any atom is 0.313 e. The van der Waals surface area contributed by atoms with Gasteiger partial charge in [0, 0.05) is 11.5 Å². The topological polar surface area (TPSA) is 124 Å². The number of nitrogens with zero attached hydrogens (tertiary/aromatic N) is 2. The molecule has 0 aliphatic rings. The highest BCUT2D eigenvalue weighted by Crippen LogP contribution is 2.28. The van der Waals surface area contributed by atoms with E-state index in [0.29, 0.717) is 5.69 Å². The molecule has 0 aliphatic carbocycles. The zero-order chi connectivity index (χ0) is 21.5. The van der Waals surface area contributed by atoms with Gasteiger partial charge in [-0.2, -0.15) is 0 Å². The second-order valence-electron chi connectivity index (χ2n) is 7.77. The number of hydrazine groups is 1. The van der Waals surface area contributed by atoms with E-state index in [0.717, 1.165) is 38.1 Å². The van der Waals surface area contributed by atoms with Crippen molar-refractivity contribution in [3.8, 4) is 0 Å². The fourth-order valence-electron chi connectivity index (χ4n) is 2.25. The summed E-state index contributed by atoms with van der Waals surface area (Å²) in [4.78, 5) is 24.9. The first-order chi connectivity index (χ1) is 12.7. The molecule has 2 N–H and O–H groups in total. The molecule has 0 saturated carbocycles. The molecule has 1 heterocycles. The van der Waals surface area contributed by atoms with Crippen LogP contribution >= 0.6 is 0 Å². The molecule has 1 aromatic carbocycles. The molecule has 0 unspecified atom stereocenters. The summed E-state index contributed by atoms with van der Waals surface area (Å²) in [5.41, 5.74) is 0.0614. The lowest BCUT2D eigenvalue weighted by molar-refractivity contribution is -0.130. The molecule has 0 bridgehead atoms. The molecule has 0 spiro atoms. The zero-order valence-electron chi connectivity index (χ0n) is 16.2. The number of nitrogens with two attached hydrogens (primary N) is 1. The Balaban J connectivity index is 2.33. The number of hydrogen-bond donors (Lipinski definition) is 1. The van der Waals surface area contributed by atoms with Gasteiger partial charge in [0.05, 0.1) is 10.6 Å². The summed E-state index contributed by atoms with van der Waals surface area (Å²) in [7, 11) is -4.27. The molecule has 0 fully saturated rings. The molecule has 152 valence electrons. The number of sulfone groups is 1. The highest BCUT2D eigenvalue weighted by atomic mass is 32.2. The van der Waals surface area contributed by atoms with Crippen molar-refractivity contribution < 1.29 is 26.9 Å². The fraction of sp³-hybridized carbons (Fsp3) is 0.389. The van der Waals surface area contributed by atoms with Crippen molar-refractivity contribution in [3.63, 3.8) is 0 Å². The summed E-state index contributed by atoms with van der Waals surface area (Å²) < 4.78 is 41.6. The van der Waals surface area contributed by atoms with E-state index in [9.17, 15) is 22.4 Å². The third kappa shape index (κ3) is 3.83. The van der Waals surface area contributed by atoms with Crippen LogP contribution in [0.15, 0.2) is 39.8 Å². The number of aromatic nitrogens is 1. The van der Waals surface area contributed by atoms with Gasteiger partial charge in [-0.05, 0) is 38.1 Å². The lowest BCUT2D eigenvalue weighted by atomic mass is 9.92. The van der Waals surface area contributed by atoms with Crippen LogP contribution in [-0.4, -0.2) is 35.1 Å². The number of carbonyl (C=O) groups excluding carboxylic acids is 2. The Hall–Kier alpha value is -2.59. The van der Waals surface area contributed by atoms with Gasteiger partial charge < -0.3 is 4.52 Å². The van der Waals surface area contributed by atoms with Crippen LogP contribution < -0.4 is 5.84 Å². The van der Waals surface area contributed by atoms with Crippen LogP contribution in [0.1, 0.15) is 50.9 Å². The summed E-state index contributed by atoms with van der Waals surface area (Å²) in [5.74, 6) is 2.49. The highest BCUT2D eigenvalue weighted by molar-refractivity contribution is 7.93. The Morgan fingerprint density at radius 2 is 1.64 bits per heavy atom. The van der Waals surface area contributed by atoms with Crippen LogP contribution in [0.25, 0.3) is 0 Å². The number of carbonyl (C=O) groups is 2. The van der Waals surface area contributed by atoms with E-state index in [-0.39, 0.29) is 15.7 Å². The van der Waals surface area contributed by atoms with E-state index < -0.39 is 37.6 Å². The predicted molar refractivity (Wildman–Crippen MR) is 98.2 cm³/mol. The lowest BCUT2D eigenvalue weighted by Gasteiger charge is -2.27. The minimum atomic E-state index is -4.27. The van der Waals surface area contributed by atoms with Gasteiger partial charge >= 0.3 is 5.91 Å². The number of imide groups is 1. The van der Waals surface area contributed by atoms with Crippen LogP contribution in [0.4, 0.5) is 4.39 Å². The maximum absolute atomic E-state index is 13.1. The van der Waals surface area contributed by atoms with Crippen LogP contribution in [-0.2, 0) is 20.0 Å². The molecular formula is C18H22FN3O5S. The van der Waals surface area contributed by atoms with Crippen molar-refractivity contribution in [1.82, 2.24) is 10.2 Å². The standard InChI is InChI=1S/C18H22FN3O5S/c1-17(2,3)14-10-13(27-21-14)15(23)22(20)16(24)18(4,5)28(25,26)12-8-6-11(19)7-9-12/h6-10H,20H2,1-5H3. The maximum atomic E-state index is 13.1. The number of benzene rings is 1. The van der Waals surface area contributed by atoms with E-state index in [1.54, 1.807) is 0 Å². The Morgan fingerprint density at radius 1 is 1.11 bits per heavy atom. The Kier molecular flexibility index (Phi) is 5.50. The van der Waals surface area contributed by atoms with Gasteiger partial charge in [0.15, 0.2) is 14.6 Å². The molecule has 0 radical (unpaired) electrons. The molecule has 1 aromatic heterocycles. The normalized spacial score (nSPS) is 12.7. The lowest BCUT2D eigenvalue weighted by Crippen LogP contribution is -2.55. The average molecular weight is 411 g/mol. The first-order valence-corrected chi connectivity index (χ1v) is 9.79. The molecule has 2 amide bonds. The molecular weight excluding hydrogens is 389 g/mol. The first kappa shape index (κ1) is 21.7. The second kappa shape index (κ2) is 7.10. The van der Waals surface area contributed by atoms with E-state index in [2.05, 4.69) is 5.16 Å². The van der Waals surface area contributed by atoms with Crippen molar-refractivity contribution >= 4 is 21.7 Å². The smallest absolute Gasteiger partial charge is 0.313 e. The van der Waals surface area contributed by atoms with Gasteiger partial charge in [-0.15, -0.1) is 0 Å². The molecule has 0 atom stereocenters. The Bertz CT molecular complexity index is 1000. The summed E-state index contributed by atoms with van der Waals surface area (Å²) in [5, 5.41) is 3.96. The first-order valence-electron chi connectivity index (χ1n) is 8.30. The van der Waals surface area contributed by atoms with Gasteiger partial charge in [0.25, 0.3) is 5.91 Å². The third-order valence-corrected chi connectivity index (χ3v) is 6.65. The summed E-state index contributed by atoms with van der Waals surface area (Å²) in [6.45, 7) is 7.78. The van der Waals surface area contributed by atoms with Crippen molar-refractivity contribution in [2.24, 2.45) is 5.84 Å². The van der Waals surface area contributed by atoms with E-state index in [1.807, 2.05) is 20.8 Å². The quantitative estimate of drug-likeness (QED) is 0.354. The highest BCUT2D eigenvalue weighted by Gasteiger charge is 2.46. The summed E-state index contributed by atoms with van der Waals surface area (Å²) in [6.07, 6.45) is 0. The van der Waals surface area contributed by atoms with Crippen molar-refractivity contribution in [2.75, 3.05) is 0 Å². The minimum Gasteiger partial charge on any atom is -0.351 e. The minimum absolute atomic E-state index is 0.189. The van der Waals surface area contributed by atoms with Crippen LogP contribution in [0.5, 0.6) is 0 Å². The molecule has 10 heteroatoms. The third-order valence-electron chi connectivity index (χ3n) is 4.24. The van der Waals surface area contributed by atoms with Crippen molar-refractivity contribution in [1.29, 1.82) is 0 Å². The van der Waals surface area contributed by atoms with Gasteiger partial charge in [-0.1, -0.05) is 25.9 Å². The fourth-order valence-corrected chi connectivity index (χ4v) is 3.67. The van der Waals surface area contributed by atoms with Gasteiger partial charge in [0.2, 0.25) is 5.76 Å². The number of hydrogen-bond acceptors (Lipinski definition) is 7. The Morgan fingerprint density at radius 3 is 2.11 bits per heavy atom. The van der Waals surface area contributed by atoms with Gasteiger partial charge in [-0.3, -0.25) is 9.59 Å². The summed E-state index contributed by atoms with van der Waals surface area (Å²) >= 11 is 0. The van der Waals surface area contributed by atoms with Crippen LogP contribution in [0.2, 0.25) is 0 Å². The molecule has 0 aliphatic heterocycles. The Labute approximate surface area is 162 Å².